The van der Waals surface area contributed by atoms with Crippen LogP contribution in [0.15, 0.2) is 11.4 Å². The van der Waals surface area contributed by atoms with Crippen LogP contribution in [-0.4, -0.2) is 25.7 Å². The van der Waals surface area contributed by atoms with Crippen molar-refractivity contribution in [2.45, 2.75) is 27.3 Å². The summed E-state index contributed by atoms with van der Waals surface area (Å²) in [5.41, 5.74) is 3.92. The SMILES string of the molecule is Cc1csc(CNC(=O)c2cc(C)nc3c2c(C)nn3C)n1. The molecule has 7 heteroatoms. The summed E-state index contributed by atoms with van der Waals surface area (Å²) in [5, 5.41) is 11.0. The van der Waals surface area contributed by atoms with E-state index in [2.05, 4.69) is 20.4 Å². The molecule has 0 aliphatic carbocycles. The Bertz CT molecular complexity index is 864. The van der Waals surface area contributed by atoms with Gasteiger partial charge in [0, 0.05) is 23.8 Å². The lowest BCUT2D eigenvalue weighted by molar-refractivity contribution is 0.0952. The Labute approximate surface area is 132 Å². The molecule has 0 unspecified atom stereocenters. The van der Waals surface area contributed by atoms with Gasteiger partial charge in [-0.25, -0.2) is 9.97 Å². The van der Waals surface area contributed by atoms with E-state index < -0.39 is 0 Å². The largest absolute Gasteiger partial charge is 0.346 e. The predicted octanol–water partition coefficient (Wildman–Crippen LogP) is 2.28. The first-order valence-electron chi connectivity index (χ1n) is 6.96. The Balaban J connectivity index is 1.93. The van der Waals surface area contributed by atoms with Gasteiger partial charge in [0.05, 0.1) is 23.2 Å². The summed E-state index contributed by atoms with van der Waals surface area (Å²) >= 11 is 1.55. The summed E-state index contributed by atoms with van der Waals surface area (Å²) < 4.78 is 1.71. The van der Waals surface area contributed by atoms with Crippen LogP contribution in [0, 0.1) is 20.8 Å². The van der Waals surface area contributed by atoms with Crippen molar-refractivity contribution in [1.29, 1.82) is 0 Å². The van der Waals surface area contributed by atoms with E-state index in [4.69, 9.17) is 0 Å². The molecule has 22 heavy (non-hydrogen) atoms. The number of pyridine rings is 1. The van der Waals surface area contributed by atoms with Crippen LogP contribution >= 0.6 is 11.3 Å². The summed E-state index contributed by atoms with van der Waals surface area (Å²) in [4.78, 5) is 21.4. The number of nitrogens with zero attached hydrogens (tertiary/aromatic N) is 4. The number of aromatic nitrogens is 4. The van der Waals surface area contributed by atoms with E-state index in [9.17, 15) is 4.79 Å². The Kier molecular flexibility index (Phi) is 3.66. The van der Waals surface area contributed by atoms with Gasteiger partial charge in [-0.15, -0.1) is 11.3 Å². The zero-order valence-corrected chi connectivity index (χ0v) is 13.8. The van der Waals surface area contributed by atoms with Crippen LogP contribution in [0.4, 0.5) is 0 Å². The molecule has 3 aromatic heterocycles. The highest BCUT2D eigenvalue weighted by Gasteiger charge is 2.17. The first-order chi connectivity index (χ1) is 10.5. The molecular weight excluding hydrogens is 298 g/mol. The van der Waals surface area contributed by atoms with Crippen molar-refractivity contribution in [2.75, 3.05) is 0 Å². The number of aryl methyl sites for hydroxylation is 4. The van der Waals surface area contributed by atoms with E-state index in [1.54, 1.807) is 22.1 Å². The molecule has 0 aliphatic heterocycles. The van der Waals surface area contributed by atoms with Crippen molar-refractivity contribution in [2.24, 2.45) is 7.05 Å². The van der Waals surface area contributed by atoms with Crippen LogP contribution < -0.4 is 5.32 Å². The third-order valence-electron chi connectivity index (χ3n) is 3.41. The van der Waals surface area contributed by atoms with Crippen molar-refractivity contribution in [3.63, 3.8) is 0 Å². The van der Waals surface area contributed by atoms with Gasteiger partial charge in [0.1, 0.15) is 5.01 Å². The van der Waals surface area contributed by atoms with Crippen molar-refractivity contribution in [3.05, 3.63) is 39.1 Å². The van der Waals surface area contributed by atoms with Crippen molar-refractivity contribution < 1.29 is 4.79 Å². The first kappa shape index (κ1) is 14.6. The lowest BCUT2D eigenvalue weighted by Crippen LogP contribution is -2.23. The van der Waals surface area contributed by atoms with Gasteiger partial charge in [-0.1, -0.05) is 0 Å². The monoisotopic (exact) mass is 315 g/mol. The van der Waals surface area contributed by atoms with Gasteiger partial charge < -0.3 is 5.32 Å². The van der Waals surface area contributed by atoms with E-state index >= 15 is 0 Å². The van der Waals surface area contributed by atoms with Gasteiger partial charge in [-0.2, -0.15) is 5.10 Å². The third-order valence-corrected chi connectivity index (χ3v) is 4.37. The minimum absolute atomic E-state index is 0.126. The Morgan fingerprint density at radius 3 is 2.73 bits per heavy atom. The van der Waals surface area contributed by atoms with Crippen LogP contribution in [0.25, 0.3) is 11.0 Å². The zero-order valence-electron chi connectivity index (χ0n) is 13.0. The number of nitrogens with one attached hydrogen (secondary N) is 1. The average molecular weight is 315 g/mol. The lowest BCUT2D eigenvalue weighted by atomic mass is 10.1. The fourth-order valence-electron chi connectivity index (χ4n) is 2.48. The van der Waals surface area contributed by atoms with Gasteiger partial charge in [-0.3, -0.25) is 9.48 Å². The molecule has 114 valence electrons. The molecule has 0 atom stereocenters. The molecule has 3 rings (SSSR count). The van der Waals surface area contributed by atoms with Crippen LogP contribution in [-0.2, 0) is 13.6 Å². The summed E-state index contributed by atoms with van der Waals surface area (Å²) in [5.74, 6) is -0.126. The van der Waals surface area contributed by atoms with Crippen LogP contribution in [0.3, 0.4) is 0 Å². The van der Waals surface area contributed by atoms with Gasteiger partial charge in [0.15, 0.2) is 5.65 Å². The maximum atomic E-state index is 12.6. The van der Waals surface area contributed by atoms with E-state index in [1.165, 1.54) is 0 Å². The van der Waals surface area contributed by atoms with Gasteiger partial charge in [-0.05, 0) is 26.8 Å². The number of hydrogen-bond acceptors (Lipinski definition) is 5. The summed E-state index contributed by atoms with van der Waals surface area (Å²) in [6.45, 7) is 6.14. The Hall–Kier alpha value is -2.28. The number of hydrogen-bond donors (Lipinski definition) is 1. The smallest absolute Gasteiger partial charge is 0.252 e. The maximum Gasteiger partial charge on any atom is 0.252 e. The second-order valence-electron chi connectivity index (χ2n) is 5.28. The normalized spacial score (nSPS) is 11.1. The molecule has 0 saturated heterocycles. The highest BCUT2D eigenvalue weighted by Crippen LogP contribution is 2.21. The zero-order chi connectivity index (χ0) is 15.9. The molecule has 3 heterocycles. The average Bonchev–Trinajstić information content (AvgIpc) is 3.00. The second-order valence-corrected chi connectivity index (χ2v) is 6.23. The summed E-state index contributed by atoms with van der Waals surface area (Å²) in [7, 11) is 1.84. The molecule has 1 N–H and O–H groups in total. The molecule has 0 fully saturated rings. The number of rotatable bonds is 3. The molecule has 0 aliphatic rings. The number of carbonyl (C=O) groups is 1. The minimum Gasteiger partial charge on any atom is -0.346 e. The molecule has 1 amide bonds. The van der Waals surface area contributed by atoms with Crippen LogP contribution in [0.5, 0.6) is 0 Å². The molecule has 0 bridgehead atoms. The highest BCUT2D eigenvalue weighted by atomic mass is 32.1. The number of amides is 1. The quantitative estimate of drug-likeness (QED) is 0.805. The molecule has 0 saturated carbocycles. The summed E-state index contributed by atoms with van der Waals surface area (Å²) in [6.07, 6.45) is 0. The fraction of sp³-hybridized carbons (Fsp3) is 0.333. The molecule has 0 aromatic carbocycles. The number of thiazole rings is 1. The van der Waals surface area contributed by atoms with Crippen molar-refractivity contribution in [3.8, 4) is 0 Å². The van der Waals surface area contributed by atoms with Crippen molar-refractivity contribution in [1.82, 2.24) is 25.1 Å². The third kappa shape index (κ3) is 2.59. The van der Waals surface area contributed by atoms with E-state index in [0.717, 1.165) is 33.1 Å². The molecule has 6 nitrogen and oxygen atoms in total. The fourth-order valence-corrected chi connectivity index (χ4v) is 3.20. The van der Waals surface area contributed by atoms with E-state index in [-0.39, 0.29) is 5.91 Å². The molecular formula is C15H17N5OS. The second kappa shape index (κ2) is 5.49. The minimum atomic E-state index is -0.126. The highest BCUT2D eigenvalue weighted by molar-refractivity contribution is 7.09. The van der Waals surface area contributed by atoms with Gasteiger partial charge in [0.25, 0.3) is 5.91 Å². The molecule has 0 spiro atoms. The predicted molar refractivity (Wildman–Crippen MR) is 86.0 cm³/mol. The number of fused-ring (bicyclic) bond motifs is 1. The van der Waals surface area contributed by atoms with E-state index in [1.807, 2.05) is 33.2 Å². The van der Waals surface area contributed by atoms with Crippen molar-refractivity contribution >= 4 is 28.3 Å². The van der Waals surface area contributed by atoms with Gasteiger partial charge in [0.2, 0.25) is 0 Å². The molecule has 0 radical (unpaired) electrons. The topological polar surface area (TPSA) is 72.7 Å². The summed E-state index contributed by atoms with van der Waals surface area (Å²) in [6, 6.07) is 1.81. The Morgan fingerprint density at radius 2 is 2.05 bits per heavy atom. The van der Waals surface area contributed by atoms with Gasteiger partial charge >= 0.3 is 0 Å². The molecule has 3 aromatic rings. The van der Waals surface area contributed by atoms with Crippen LogP contribution in [0.2, 0.25) is 0 Å². The number of carbonyl (C=O) groups excluding carboxylic acids is 1. The maximum absolute atomic E-state index is 12.6. The standard InChI is InChI=1S/C15H17N5OS/c1-8-5-11(13-10(3)19-20(4)14(13)18-8)15(21)16-6-12-17-9(2)7-22-12/h5,7H,6H2,1-4H3,(H,16,21). The first-order valence-corrected chi connectivity index (χ1v) is 7.84. The lowest BCUT2D eigenvalue weighted by Gasteiger charge is -2.06. The van der Waals surface area contributed by atoms with E-state index in [0.29, 0.717) is 12.1 Å². The Morgan fingerprint density at radius 1 is 1.27 bits per heavy atom. The van der Waals surface area contributed by atoms with Crippen LogP contribution in [0.1, 0.15) is 32.4 Å².